The molecular formula is C18H22N2O3S. The molecule has 0 unspecified atom stereocenters. The van der Waals surface area contributed by atoms with Crippen molar-refractivity contribution in [2.75, 3.05) is 19.8 Å². The minimum absolute atomic E-state index is 0.0352. The summed E-state index contributed by atoms with van der Waals surface area (Å²) < 4.78 is 11.0. The molecule has 0 atom stereocenters. The van der Waals surface area contributed by atoms with Gasteiger partial charge in [0.1, 0.15) is 0 Å². The molecule has 0 spiro atoms. The average molecular weight is 346 g/mol. The van der Waals surface area contributed by atoms with Crippen LogP contribution >= 0.6 is 11.3 Å². The summed E-state index contributed by atoms with van der Waals surface area (Å²) in [6, 6.07) is 10.1. The van der Waals surface area contributed by atoms with Gasteiger partial charge >= 0.3 is 0 Å². The number of nitrogens with one attached hydrogen (secondary N) is 1. The second kappa shape index (κ2) is 7.88. The Morgan fingerprint density at radius 3 is 2.79 bits per heavy atom. The maximum Gasteiger partial charge on any atom is 0.220 e. The summed E-state index contributed by atoms with van der Waals surface area (Å²) in [5.41, 5.74) is 2.08. The molecule has 1 N–H and O–H groups in total. The van der Waals surface area contributed by atoms with Crippen molar-refractivity contribution in [3.05, 3.63) is 40.7 Å². The standard InChI is InChI=1S/C18H22N2O3S/c1-18(22-11-12-23-18)9-10-19-16(21)7-8-17-20-15(13-24-17)14-5-3-2-4-6-14/h2-6,13H,7-12H2,1H3,(H,19,21). The minimum atomic E-state index is -0.548. The predicted molar refractivity (Wildman–Crippen MR) is 93.8 cm³/mol. The van der Waals surface area contributed by atoms with Crippen molar-refractivity contribution >= 4 is 17.2 Å². The minimum Gasteiger partial charge on any atom is -0.356 e. The van der Waals surface area contributed by atoms with Crippen LogP contribution in [-0.4, -0.2) is 36.4 Å². The lowest BCUT2D eigenvalue weighted by atomic mass is 10.2. The van der Waals surface area contributed by atoms with Crippen molar-refractivity contribution < 1.29 is 14.3 Å². The Morgan fingerprint density at radius 2 is 2.04 bits per heavy atom. The molecule has 1 saturated heterocycles. The van der Waals surface area contributed by atoms with Gasteiger partial charge in [-0.25, -0.2) is 4.98 Å². The normalized spacial score (nSPS) is 16.2. The van der Waals surface area contributed by atoms with Gasteiger partial charge in [0.25, 0.3) is 0 Å². The van der Waals surface area contributed by atoms with Crippen molar-refractivity contribution in [2.45, 2.75) is 32.0 Å². The molecule has 6 heteroatoms. The number of benzene rings is 1. The van der Waals surface area contributed by atoms with E-state index in [1.807, 2.05) is 42.6 Å². The van der Waals surface area contributed by atoms with Gasteiger partial charge < -0.3 is 14.8 Å². The lowest BCUT2D eigenvalue weighted by Gasteiger charge is -2.22. The quantitative estimate of drug-likeness (QED) is 0.837. The van der Waals surface area contributed by atoms with Crippen molar-refractivity contribution in [1.82, 2.24) is 10.3 Å². The van der Waals surface area contributed by atoms with E-state index in [1.165, 1.54) is 0 Å². The van der Waals surface area contributed by atoms with Gasteiger partial charge in [0.15, 0.2) is 5.79 Å². The molecule has 2 heterocycles. The second-order valence-corrected chi connectivity index (χ2v) is 6.87. The van der Waals surface area contributed by atoms with Gasteiger partial charge in [-0.1, -0.05) is 30.3 Å². The summed E-state index contributed by atoms with van der Waals surface area (Å²) in [5.74, 6) is -0.513. The maximum atomic E-state index is 12.0. The number of aryl methyl sites for hydroxylation is 1. The van der Waals surface area contributed by atoms with Gasteiger partial charge in [0.05, 0.1) is 23.9 Å². The van der Waals surface area contributed by atoms with Crippen LogP contribution in [0.4, 0.5) is 0 Å². The summed E-state index contributed by atoms with van der Waals surface area (Å²) in [5, 5.41) is 5.95. The van der Waals surface area contributed by atoms with Crippen LogP contribution in [-0.2, 0) is 20.7 Å². The van der Waals surface area contributed by atoms with Crippen molar-refractivity contribution in [1.29, 1.82) is 0 Å². The number of hydrogen-bond donors (Lipinski definition) is 1. The zero-order valence-corrected chi connectivity index (χ0v) is 14.6. The van der Waals surface area contributed by atoms with E-state index >= 15 is 0 Å². The molecule has 1 aromatic heterocycles. The number of hydrogen-bond acceptors (Lipinski definition) is 5. The van der Waals surface area contributed by atoms with Crippen molar-refractivity contribution in [2.24, 2.45) is 0 Å². The summed E-state index contributed by atoms with van der Waals surface area (Å²) in [4.78, 5) is 16.6. The van der Waals surface area contributed by atoms with Crippen LogP contribution in [0.1, 0.15) is 24.8 Å². The number of carbonyl (C=O) groups excluding carboxylic acids is 1. The van der Waals surface area contributed by atoms with Crippen LogP contribution in [0.15, 0.2) is 35.7 Å². The highest BCUT2D eigenvalue weighted by atomic mass is 32.1. The first-order valence-corrected chi connectivity index (χ1v) is 9.07. The Morgan fingerprint density at radius 1 is 1.29 bits per heavy atom. The number of rotatable bonds is 7. The number of thiazole rings is 1. The Balaban J connectivity index is 1.41. The fraction of sp³-hybridized carbons (Fsp3) is 0.444. The number of nitrogens with zero attached hydrogens (tertiary/aromatic N) is 1. The molecule has 0 bridgehead atoms. The second-order valence-electron chi connectivity index (χ2n) is 5.92. The predicted octanol–water partition coefficient (Wildman–Crippen LogP) is 3.01. The van der Waals surface area contributed by atoms with Gasteiger partial charge in [0, 0.05) is 36.8 Å². The molecule has 0 saturated carbocycles. The van der Waals surface area contributed by atoms with E-state index in [4.69, 9.17) is 9.47 Å². The maximum absolute atomic E-state index is 12.0. The van der Waals surface area contributed by atoms with Gasteiger partial charge in [-0.2, -0.15) is 0 Å². The summed E-state index contributed by atoms with van der Waals surface area (Å²) in [6.45, 7) is 3.71. The third-order valence-electron chi connectivity index (χ3n) is 3.99. The molecular weight excluding hydrogens is 324 g/mol. The number of carbonyl (C=O) groups is 1. The molecule has 3 rings (SSSR count). The highest BCUT2D eigenvalue weighted by Gasteiger charge is 2.30. The van der Waals surface area contributed by atoms with Crippen LogP contribution in [0.2, 0.25) is 0 Å². The Hall–Kier alpha value is -1.76. The first-order valence-electron chi connectivity index (χ1n) is 8.19. The molecule has 2 aromatic rings. The molecule has 1 amide bonds. The van der Waals surface area contributed by atoms with E-state index in [0.717, 1.165) is 16.3 Å². The van der Waals surface area contributed by atoms with Gasteiger partial charge in [-0.15, -0.1) is 11.3 Å². The SMILES string of the molecule is CC1(CCNC(=O)CCc2nc(-c3ccccc3)cs2)OCCO1. The summed E-state index contributed by atoms with van der Waals surface area (Å²) in [6.07, 6.45) is 1.77. The topological polar surface area (TPSA) is 60.5 Å². The van der Waals surface area contributed by atoms with Crippen LogP contribution < -0.4 is 5.32 Å². The van der Waals surface area contributed by atoms with Crippen LogP contribution in [0.25, 0.3) is 11.3 Å². The largest absolute Gasteiger partial charge is 0.356 e. The molecule has 24 heavy (non-hydrogen) atoms. The molecule has 128 valence electrons. The van der Waals surface area contributed by atoms with Gasteiger partial charge in [0.2, 0.25) is 5.91 Å². The van der Waals surface area contributed by atoms with E-state index in [0.29, 0.717) is 39.0 Å². The van der Waals surface area contributed by atoms with Crippen molar-refractivity contribution in [3.8, 4) is 11.3 Å². The number of aromatic nitrogens is 1. The van der Waals surface area contributed by atoms with E-state index in [9.17, 15) is 4.79 Å². The highest BCUT2D eigenvalue weighted by molar-refractivity contribution is 7.09. The summed E-state index contributed by atoms with van der Waals surface area (Å²) in [7, 11) is 0. The molecule has 1 fully saturated rings. The van der Waals surface area contributed by atoms with Crippen LogP contribution in [0, 0.1) is 0 Å². The third kappa shape index (κ3) is 4.63. The number of amides is 1. The summed E-state index contributed by atoms with van der Waals surface area (Å²) >= 11 is 1.60. The smallest absolute Gasteiger partial charge is 0.220 e. The molecule has 1 aromatic carbocycles. The monoisotopic (exact) mass is 346 g/mol. The first-order chi connectivity index (χ1) is 11.6. The van der Waals surface area contributed by atoms with Gasteiger partial charge in [-0.3, -0.25) is 4.79 Å². The lowest BCUT2D eigenvalue weighted by molar-refractivity contribution is -0.146. The van der Waals surface area contributed by atoms with Crippen LogP contribution in [0.3, 0.4) is 0 Å². The number of ether oxygens (including phenoxy) is 2. The molecule has 0 aliphatic carbocycles. The zero-order chi connectivity index (χ0) is 16.8. The Labute approximate surface area is 146 Å². The van der Waals surface area contributed by atoms with Gasteiger partial charge in [-0.05, 0) is 6.92 Å². The van der Waals surface area contributed by atoms with Crippen LogP contribution in [0.5, 0.6) is 0 Å². The zero-order valence-electron chi connectivity index (χ0n) is 13.8. The Bertz CT molecular complexity index is 666. The van der Waals surface area contributed by atoms with E-state index in [1.54, 1.807) is 11.3 Å². The molecule has 0 radical (unpaired) electrons. The molecule has 1 aliphatic rings. The first kappa shape index (κ1) is 17.1. The molecule has 5 nitrogen and oxygen atoms in total. The Kier molecular flexibility index (Phi) is 5.60. The highest BCUT2D eigenvalue weighted by Crippen LogP contribution is 2.23. The van der Waals surface area contributed by atoms with E-state index < -0.39 is 5.79 Å². The molecule has 1 aliphatic heterocycles. The van der Waals surface area contributed by atoms with Crippen molar-refractivity contribution in [3.63, 3.8) is 0 Å². The van der Waals surface area contributed by atoms with E-state index in [2.05, 4.69) is 10.3 Å². The average Bonchev–Trinajstić information content (AvgIpc) is 3.23. The third-order valence-corrected chi connectivity index (χ3v) is 4.90. The fourth-order valence-electron chi connectivity index (χ4n) is 2.61. The lowest BCUT2D eigenvalue weighted by Crippen LogP contribution is -2.33. The fourth-order valence-corrected chi connectivity index (χ4v) is 3.41. The van der Waals surface area contributed by atoms with E-state index in [-0.39, 0.29) is 5.91 Å².